The molecule has 2 heterocycles. The van der Waals surface area contributed by atoms with Gasteiger partial charge in [0.25, 0.3) is 5.56 Å². The molecule has 0 aliphatic heterocycles. The Bertz CT molecular complexity index is 1420. The molecule has 34 heavy (non-hydrogen) atoms. The number of nitrogens with zero attached hydrogens (tertiary/aromatic N) is 1. The summed E-state index contributed by atoms with van der Waals surface area (Å²) in [5, 5.41) is 9.60. The summed E-state index contributed by atoms with van der Waals surface area (Å²) in [6.07, 6.45) is -7.82. The second-order valence-electron chi connectivity index (χ2n) is 7.86. The van der Waals surface area contributed by atoms with Crippen LogP contribution in [0.4, 0.5) is 13.2 Å². The van der Waals surface area contributed by atoms with Crippen molar-refractivity contribution in [1.82, 2.24) is 9.55 Å². The predicted molar refractivity (Wildman–Crippen MR) is 124 cm³/mol. The third-order valence-electron chi connectivity index (χ3n) is 5.50. The molecule has 4 rings (SSSR count). The van der Waals surface area contributed by atoms with E-state index in [1.807, 2.05) is 37.3 Å². The van der Waals surface area contributed by atoms with Gasteiger partial charge in [-0.15, -0.1) is 11.3 Å². The molecule has 0 aliphatic rings. The maximum atomic E-state index is 12.9. The Morgan fingerprint density at radius 1 is 1.09 bits per heavy atom. The van der Waals surface area contributed by atoms with E-state index in [1.54, 1.807) is 31.2 Å². The van der Waals surface area contributed by atoms with Gasteiger partial charge in [-0.1, -0.05) is 30.3 Å². The topological polar surface area (TPSA) is 84.3 Å². The lowest BCUT2D eigenvalue weighted by Gasteiger charge is -2.16. The van der Waals surface area contributed by atoms with Crippen molar-refractivity contribution in [2.75, 3.05) is 0 Å². The average molecular weight is 491 g/mol. The number of hydrogen-bond donors (Lipinski definition) is 2. The summed E-state index contributed by atoms with van der Waals surface area (Å²) in [7, 11) is 0. The van der Waals surface area contributed by atoms with Crippen LogP contribution in [0.15, 0.2) is 64.2 Å². The first-order valence-electron chi connectivity index (χ1n) is 10.4. The Hall–Kier alpha value is -3.37. The first-order valence-corrected chi connectivity index (χ1v) is 11.2. The number of rotatable bonds is 6. The lowest BCUT2D eigenvalue weighted by molar-refractivity contribution is -0.207. The number of H-pyrrole nitrogens is 1. The fraction of sp³-hybridized carbons (Fsp3) is 0.250. The molecule has 0 saturated carbocycles. The summed E-state index contributed by atoms with van der Waals surface area (Å²) in [5.41, 5.74) is 0.572. The minimum atomic E-state index is -4.90. The Balaban J connectivity index is 1.69. The molecule has 4 aromatic rings. The van der Waals surface area contributed by atoms with Crippen LogP contribution in [0.1, 0.15) is 24.2 Å². The van der Waals surface area contributed by atoms with Crippen LogP contribution < -0.4 is 16.0 Å². The average Bonchev–Trinajstić information content (AvgIpc) is 3.14. The minimum absolute atomic E-state index is 0.0718. The van der Waals surface area contributed by atoms with E-state index in [2.05, 4.69) is 4.98 Å². The van der Waals surface area contributed by atoms with Crippen molar-refractivity contribution in [1.29, 1.82) is 0 Å². The van der Waals surface area contributed by atoms with E-state index in [1.165, 1.54) is 0 Å². The smallest absolute Gasteiger partial charge is 0.416 e. The number of aliphatic hydroxyl groups is 1. The molecular formula is C24H21F3N2O4S. The molecule has 2 atom stereocenters. The summed E-state index contributed by atoms with van der Waals surface area (Å²) in [6.45, 7) is 2.58. The van der Waals surface area contributed by atoms with Gasteiger partial charge < -0.3 is 9.84 Å². The van der Waals surface area contributed by atoms with E-state index in [4.69, 9.17) is 4.74 Å². The Morgan fingerprint density at radius 3 is 2.35 bits per heavy atom. The van der Waals surface area contributed by atoms with Gasteiger partial charge in [0.05, 0.1) is 11.9 Å². The first-order chi connectivity index (χ1) is 16.1. The zero-order valence-electron chi connectivity index (χ0n) is 18.2. The number of hydrogen-bond acceptors (Lipinski definition) is 5. The van der Waals surface area contributed by atoms with Crippen LogP contribution in [-0.4, -0.2) is 26.9 Å². The van der Waals surface area contributed by atoms with Crippen LogP contribution in [-0.2, 0) is 6.54 Å². The highest BCUT2D eigenvalue weighted by molar-refractivity contribution is 7.22. The van der Waals surface area contributed by atoms with Crippen LogP contribution in [0.5, 0.6) is 5.75 Å². The molecule has 178 valence electrons. The highest BCUT2D eigenvalue weighted by atomic mass is 32.1. The van der Waals surface area contributed by atoms with Crippen LogP contribution in [0.2, 0.25) is 0 Å². The van der Waals surface area contributed by atoms with E-state index < -0.39 is 30.1 Å². The zero-order chi connectivity index (χ0) is 24.6. The number of halogens is 3. The van der Waals surface area contributed by atoms with Gasteiger partial charge in [0, 0.05) is 4.88 Å². The maximum Gasteiger partial charge on any atom is 0.416 e. The molecule has 0 amide bonds. The van der Waals surface area contributed by atoms with Crippen molar-refractivity contribution in [3.8, 4) is 16.2 Å². The summed E-state index contributed by atoms with van der Waals surface area (Å²) >= 11 is 1.02. The standard InChI is InChI=1S/C24H21F3N2O4S/c1-13-19-21(31)28-23(32)29(12-18(30)24(25,26)27)22(19)34-20(13)16-8-10-17(11-9-16)33-14(2)15-6-4-3-5-7-15/h3-11,14,18,30H,12H2,1-2H3,(H,28,31,32)/t14?,18-/m1/s1. The van der Waals surface area contributed by atoms with Crippen molar-refractivity contribution in [2.24, 2.45) is 0 Å². The number of aromatic nitrogens is 2. The number of aromatic amines is 1. The molecule has 2 aromatic heterocycles. The Kier molecular flexibility index (Phi) is 6.37. The lowest BCUT2D eigenvalue weighted by atomic mass is 10.1. The normalized spacial score (nSPS) is 13.7. The molecule has 1 unspecified atom stereocenters. The van der Waals surface area contributed by atoms with Crippen LogP contribution in [0.25, 0.3) is 20.7 Å². The van der Waals surface area contributed by atoms with Gasteiger partial charge in [-0.05, 0) is 54.8 Å². The largest absolute Gasteiger partial charge is 0.486 e. The third kappa shape index (κ3) is 4.64. The van der Waals surface area contributed by atoms with Gasteiger partial charge in [-0.2, -0.15) is 13.2 Å². The summed E-state index contributed by atoms with van der Waals surface area (Å²) in [4.78, 5) is 27.5. The highest BCUT2D eigenvalue weighted by Crippen LogP contribution is 2.37. The molecule has 0 saturated heterocycles. The number of nitrogens with one attached hydrogen (secondary N) is 1. The molecule has 0 spiro atoms. The van der Waals surface area contributed by atoms with Gasteiger partial charge in [-0.25, -0.2) is 4.79 Å². The van der Waals surface area contributed by atoms with Gasteiger partial charge in [0.2, 0.25) is 0 Å². The molecule has 0 aliphatic carbocycles. The monoisotopic (exact) mass is 490 g/mol. The number of ether oxygens (including phenoxy) is 1. The van der Waals surface area contributed by atoms with Crippen molar-refractivity contribution >= 4 is 21.6 Å². The second-order valence-corrected chi connectivity index (χ2v) is 8.86. The van der Waals surface area contributed by atoms with E-state index in [9.17, 15) is 27.9 Å². The SMILES string of the molecule is Cc1c(-c2ccc(OC(C)c3ccccc3)cc2)sc2c1c(=O)[nH]c(=O)n2C[C@@H](O)C(F)(F)F. The number of fused-ring (bicyclic) bond motifs is 1. The lowest BCUT2D eigenvalue weighted by Crippen LogP contribution is -2.38. The number of alkyl halides is 3. The quantitative estimate of drug-likeness (QED) is 0.407. The fourth-order valence-corrected chi connectivity index (χ4v) is 4.99. The van der Waals surface area contributed by atoms with Crippen LogP contribution >= 0.6 is 11.3 Å². The highest BCUT2D eigenvalue weighted by Gasteiger charge is 2.39. The predicted octanol–water partition coefficient (Wildman–Crippen LogP) is 4.79. The third-order valence-corrected chi connectivity index (χ3v) is 6.86. The fourth-order valence-electron chi connectivity index (χ4n) is 3.67. The summed E-state index contributed by atoms with van der Waals surface area (Å²) < 4.78 is 45.4. The molecule has 0 radical (unpaired) electrons. The number of aliphatic hydroxyl groups excluding tert-OH is 1. The Morgan fingerprint density at radius 2 is 1.74 bits per heavy atom. The molecule has 0 fully saturated rings. The first kappa shape index (κ1) is 23.8. The van der Waals surface area contributed by atoms with E-state index in [0.717, 1.165) is 21.5 Å². The Labute approximate surface area is 195 Å². The minimum Gasteiger partial charge on any atom is -0.486 e. The molecule has 0 bridgehead atoms. The summed E-state index contributed by atoms with van der Waals surface area (Å²) in [6, 6.07) is 16.8. The van der Waals surface area contributed by atoms with Crippen molar-refractivity contribution in [3.05, 3.63) is 86.6 Å². The van der Waals surface area contributed by atoms with E-state index in [-0.39, 0.29) is 16.3 Å². The van der Waals surface area contributed by atoms with Crippen molar-refractivity contribution in [2.45, 2.75) is 38.8 Å². The van der Waals surface area contributed by atoms with E-state index >= 15 is 0 Å². The molecule has 2 N–H and O–H groups in total. The van der Waals surface area contributed by atoms with Gasteiger partial charge in [-0.3, -0.25) is 14.3 Å². The van der Waals surface area contributed by atoms with E-state index in [0.29, 0.717) is 21.8 Å². The number of benzene rings is 2. The number of aryl methyl sites for hydroxylation is 1. The number of thiophene rings is 1. The van der Waals surface area contributed by atoms with Gasteiger partial charge >= 0.3 is 11.9 Å². The van der Waals surface area contributed by atoms with Crippen LogP contribution in [0.3, 0.4) is 0 Å². The zero-order valence-corrected chi connectivity index (χ0v) is 19.0. The second kappa shape index (κ2) is 9.11. The summed E-state index contributed by atoms with van der Waals surface area (Å²) in [5.74, 6) is 0.627. The maximum absolute atomic E-state index is 12.9. The van der Waals surface area contributed by atoms with Crippen LogP contribution in [0, 0.1) is 6.92 Å². The van der Waals surface area contributed by atoms with Crippen molar-refractivity contribution in [3.63, 3.8) is 0 Å². The molecular weight excluding hydrogens is 469 g/mol. The van der Waals surface area contributed by atoms with Crippen molar-refractivity contribution < 1.29 is 23.0 Å². The van der Waals surface area contributed by atoms with Gasteiger partial charge in [0.15, 0.2) is 6.10 Å². The van der Waals surface area contributed by atoms with Gasteiger partial charge in [0.1, 0.15) is 16.7 Å². The molecule has 6 nitrogen and oxygen atoms in total. The molecule has 10 heteroatoms. The molecule has 2 aromatic carbocycles.